The van der Waals surface area contributed by atoms with Crippen molar-refractivity contribution >= 4 is 5.97 Å². The Hall–Kier alpha value is -2.10. The molecule has 0 spiro atoms. The van der Waals surface area contributed by atoms with Gasteiger partial charge in [0, 0.05) is 5.56 Å². The highest BCUT2D eigenvalue weighted by molar-refractivity contribution is 5.76. The van der Waals surface area contributed by atoms with Crippen LogP contribution in [0.15, 0.2) is 18.2 Å². The normalized spacial score (nSPS) is 28.5. The number of benzene rings is 1. The van der Waals surface area contributed by atoms with Crippen molar-refractivity contribution in [1.82, 2.24) is 4.90 Å². The Morgan fingerprint density at radius 1 is 1.50 bits per heavy atom. The van der Waals surface area contributed by atoms with Crippen LogP contribution in [0.1, 0.15) is 43.9 Å². The van der Waals surface area contributed by atoms with Crippen LogP contribution in [0.4, 0.5) is 0 Å². The number of ether oxygens (including phenoxy) is 2. The monoisotopic (exact) mass is 330 g/mol. The topological polar surface area (TPSA) is 82.8 Å². The van der Waals surface area contributed by atoms with Gasteiger partial charge in [-0.25, -0.2) is 0 Å². The first-order valence-corrected chi connectivity index (χ1v) is 8.13. The summed E-state index contributed by atoms with van der Waals surface area (Å²) in [5.74, 6) is 0.354. The van der Waals surface area contributed by atoms with E-state index in [1.54, 1.807) is 18.2 Å². The van der Waals surface area contributed by atoms with E-state index in [1.807, 2.05) is 18.7 Å². The van der Waals surface area contributed by atoms with Gasteiger partial charge in [-0.15, -0.1) is 0 Å². The SMILES string of the molecule is COC(=O)C1CCCN1[C@H]1c2cc(C#N)ccc2OC(C)(C)[C@@H]1O. The molecule has 0 amide bonds. The number of hydrogen-bond donors (Lipinski definition) is 1. The lowest BCUT2D eigenvalue weighted by atomic mass is 9.84. The standard InChI is InChI=1S/C18H22N2O4/c1-18(2)16(21)15(20-8-4-5-13(20)17(22)23-3)12-9-11(10-19)6-7-14(12)24-18/h6-7,9,13,15-16,21H,4-5,8H2,1-3H3/t13?,15-,16+/m0/s1. The molecule has 1 aromatic rings. The van der Waals surface area contributed by atoms with Crippen LogP contribution in [0.25, 0.3) is 0 Å². The van der Waals surface area contributed by atoms with Crippen molar-refractivity contribution in [2.45, 2.75) is 50.5 Å². The van der Waals surface area contributed by atoms with Gasteiger partial charge in [-0.3, -0.25) is 9.69 Å². The Bertz CT molecular complexity index is 695. The molecule has 1 aromatic carbocycles. The summed E-state index contributed by atoms with van der Waals surface area (Å²) in [6.07, 6.45) is 0.728. The maximum Gasteiger partial charge on any atom is 0.323 e. The minimum atomic E-state index is -0.829. The van der Waals surface area contributed by atoms with Crippen molar-refractivity contribution in [2.75, 3.05) is 13.7 Å². The first kappa shape index (κ1) is 16.7. The van der Waals surface area contributed by atoms with Crippen LogP contribution < -0.4 is 4.74 Å². The Balaban J connectivity index is 2.08. The van der Waals surface area contributed by atoms with E-state index in [1.165, 1.54) is 7.11 Å². The van der Waals surface area contributed by atoms with E-state index in [0.29, 0.717) is 24.3 Å². The van der Waals surface area contributed by atoms with Crippen LogP contribution in [0, 0.1) is 11.3 Å². The Kier molecular flexibility index (Phi) is 4.24. The molecule has 2 aliphatic heterocycles. The van der Waals surface area contributed by atoms with Gasteiger partial charge < -0.3 is 14.6 Å². The highest BCUT2D eigenvalue weighted by atomic mass is 16.5. The highest BCUT2D eigenvalue weighted by Crippen LogP contribution is 2.45. The minimum Gasteiger partial charge on any atom is -0.485 e. The molecular formula is C18H22N2O4. The average molecular weight is 330 g/mol. The quantitative estimate of drug-likeness (QED) is 0.832. The van der Waals surface area contributed by atoms with Gasteiger partial charge in [-0.05, 0) is 51.4 Å². The highest BCUT2D eigenvalue weighted by Gasteiger charge is 2.49. The van der Waals surface area contributed by atoms with Gasteiger partial charge in [0.2, 0.25) is 0 Å². The minimum absolute atomic E-state index is 0.290. The molecule has 6 nitrogen and oxygen atoms in total. The molecule has 0 radical (unpaired) electrons. The van der Waals surface area contributed by atoms with Gasteiger partial charge in [-0.2, -0.15) is 5.26 Å². The fourth-order valence-corrected chi connectivity index (χ4v) is 3.71. The number of rotatable bonds is 2. The van der Waals surface area contributed by atoms with Crippen LogP contribution in [0.3, 0.4) is 0 Å². The number of likely N-dealkylation sites (tertiary alicyclic amines) is 1. The second-order valence-corrected chi connectivity index (χ2v) is 6.88. The first-order chi connectivity index (χ1) is 11.4. The van der Waals surface area contributed by atoms with E-state index in [9.17, 15) is 15.2 Å². The van der Waals surface area contributed by atoms with Crippen molar-refractivity contribution in [1.29, 1.82) is 5.26 Å². The predicted octanol–water partition coefficient (Wildman–Crippen LogP) is 1.77. The van der Waals surface area contributed by atoms with Gasteiger partial charge >= 0.3 is 5.97 Å². The van der Waals surface area contributed by atoms with E-state index in [0.717, 1.165) is 12.0 Å². The number of esters is 1. The molecule has 24 heavy (non-hydrogen) atoms. The summed E-state index contributed by atoms with van der Waals surface area (Å²) in [4.78, 5) is 14.1. The number of aliphatic hydroxyl groups excluding tert-OH is 1. The first-order valence-electron chi connectivity index (χ1n) is 8.13. The summed E-state index contributed by atoms with van der Waals surface area (Å²) in [7, 11) is 1.38. The fourth-order valence-electron chi connectivity index (χ4n) is 3.71. The fraction of sp³-hybridized carbons (Fsp3) is 0.556. The van der Waals surface area contributed by atoms with E-state index in [2.05, 4.69) is 6.07 Å². The molecule has 3 rings (SSSR count). The van der Waals surface area contributed by atoms with Crippen molar-refractivity contribution in [2.24, 2.45) is 0 Å². The summed E-state index contributed by atoms with van der Waals surface area (Å²) in [5, 5.41) is 20.1. The van der Waals surface area contributed by atoms with Crippen LogP contribution in [0.2, 0.25) is 0 Å². The third-order valence-electron chi connectivity index (χ3n) is 4.97. The van der Waals surface area contributed by atoms with Crippen molar-refractivity contribution in [3.63, 3.8) is 0 Å². The maximum atomic E-state index is 12.1. The molecule has 2 aliphatic rings. The van der Waals surface area contributed by atoms with Crippen molar-refractivity contribution < 1.29 is 19.4 Å². The number of nitriles is 1. The zero-order chi connectivity index (χ0) is 17.5. The third-order valence-corrected chi connectivity index (χ3v) is 4.97. The smallest absolute Gasteiger partial charge is 0.323 e. The number of aliphatic hydroxyl groups is 1. The van der Waals surface area contributed by atoms with E-state index in [-0.39, 0.29) is 12.0 Å². The number of nitrogens with zero attached hydrogens (tertiary/aromatic N) is 2. The molecule has 1 saturated heterocycles. The Morgan fingerprint density at radius 2 is 2.25 bits per heavy atom. The Morgan fingerprint density at radius 3 is 2.92 bits per heavy atom. The lowest BCUT2D eigenvalue weighted by Crippen LogP contribution is -2.55. The molecule has 0 aromatic heterocycles. The van der Waals surface area contributed by atoms with Gasteiger partial charge in [0.15, 0.2) is 0 Å². The lowest BCUT2D eigenvalue weighted by molar-refractivity contribution is -0.150. The Labute approximate surface area is 141 Å². The summed E-state index contributed by atoms with van der Waals surface area (Å²) >= 11 is 0. The molecule has 6 heteroatoms. The van der Waals surface area contributed by atoms with Gasteiger partial charge in [0.25, 0.3) is 0 Å². The van der Waals surface area contributed by atoms with Gasteiger partial charge in [0.1, 0.15) is 23.5 Å². The zero-order valence-electron chi connectivity index (χ0n) is 14.2. The van der Waals surface area contributed by atoms with Gasteiger partial charge in [0.05, 0.1) is 24.8 Å². The predicted molar refractivity (Wildman–Crippen MR) is 86.4 cm³/mol. The molecule has 1 unspecified atom stereocenters. The summed E-state index contributed by atoms with van der Waals surface area (Å²) in [6, 6.07) is 6.52. The summed E-state index contributed by atoms with van der Waals surface area (Å²) in [6.45, 7) is 4.35. The van der Waals surface area contributed by atoms with Crippen LogP contribution in [-0.4, -0.2) is 47.4 Å². The molecule has 1 fully saturated rings. The molecule has 2 heterocycles. The van der Waals surface area contributed by atoms with E-state index >= 15 is 0 Å². The molecule has 0 saturated carbocycles. The largest absolute Gasteiger partial charge is 0.485 e. The van der Waals surface area contributed by atoms with Crippen LogP contribution in [-0.2, 0) is 9.53 Å². The third kappa shape index (κ3) is 2.64. The number of hydrogen-bond acceptors (Lipinski definition) is 6. The number of carbonyl (C=O) groups is 1. The second kappa shape index (κ2) is 6.08. The summed E-state index contributed by atoms with van der Waals surface area (Å²) < 4.78 is 10.9. The van der Waals surface area contributed by atoms with E-state index < -0.39 is 17.7 Å². The number of fused-ring (bicyclic) bond motifs is 1. The molecular weight excluding hydrogens is 308 g/mol. The van der Waals surface area contributed by atoms with Crippen molar-refractivity contribution in [3.8, 4) is 11.8 Å². The number of methoxy groups -OCH3 is 1. The lowest BCUT2D eigenvalue weighted by Gasteiger charge is -2.46. The summed E-state index contributed by atoms with van der Waals surface area (Å²) in [5.41, 5.74) is 0.453. The average Bonchev–Trinajstić information content (AvgIpc) is 3.04. The van der Waals surface area contributed by atoms with Crippen LogP contribution in [0.5, 0.6) is 5.75 Å². The van der Waals surface area contributed by atoms with Crippen molar-refractivity contribution in [3.05, 3.63) is 29.3 Å². The zero-order valence-corrected chi connectivity index (χ0v) is 14.2. The molecule has 0 aliphatic carbocycles. The molecule has 0 bridgehead atoms. The molecule has 1 N–H and O–H groups in total. The maximum absolute atomic E-state index is 12.1. The molecule has 3 atom stereocenters. The van der Waals surface area contributed by atoms with E-state index in [4.69, 9.17) is 9.47 Å². The second-order valence-electron chi connectivity index (χ2n) is 6.88. The number of carbonyl (C=O) groups excluding carboxylic acids is 1. The van der Waals surface area contributed by atoms with Crippen LogP contribution >= 0.6 is 0 Å². The van der Waals surface area contributed by atoms with Gasteiger partial charge in [-0.1, -0.05) is 0 Å². The molecule has 128 valence electrons.